The van der Waals surface area contributed by atoms with Crippen LogP contribution in [0.3, 0.4) is 0 Å². The van der Waals surface area contributed by atoms with E-state index < -0.39 is 35.1 Å². The van der Waals surface area contributed by atoms with Crippen molar-refractivity contribution in [2.45, 2.75) is 69.9 Å². The van der Waals surface area contributed by atoms with E-state index in [1.54, 1.807) is 0 Å². The number of likely N-dealkylation sites (tertiary alicyclic amines) is 1. The number of ether oxygens (including phenoxy) is 1. The highest BCUT2D eigenvalue weighted by atomic mass is 16.5. The van der Waals surface area contributed by atoms with Crippen LogP contribution < -0.4 is 10.6 Å². The van der Waals surface area contributed by atoms with Crippen LogP contribution in [0.15, 0.2) is 60.7 Å². The van der Waals surface area contributed by atoms with Gasteiger partial charge in [-0.15, -0.1) is 0 Å². The third-order valence-corrected chi connectivity index (χ3v) is 9.12. The van der Waals surface area contributed by atoms with Gasteiger partial charge in [0.05, 0.1) is 30.1 Å². The molecule has 3 aliphatic rings. The van der Waals surface area contributed by atoms with E-state index in [0.29, 0.717) is 19.5 Å². The molecule has 2 bridgehead atoms. The summed E-state index contributed by atoms with van der Waals surface area (Å²) in [6.45, 7) is 6.45. The molecule has 2 aromatic carbocycles. The van der Waals surface area contributed by atoms with Crippen molar-refractivity contribution in [1.82, 2.24) is 15.5 Å². The first kappa shape index (κ1) is 27.3. The number of benzene rings is 2. The lowest BCUT2D eigenvalue weighted by Gasteiger charge is -2.37. The molecule has 0 radical (unpaired) electrons. The topological polar surface area (TPSA) is 108 Å². The van der Waals surface area contributed by atoms with Crippen LogP contribution in [0.5, 0.6) is 0 Å². The van der Waals surface area contributed by atoms with E-state index in [4.69, 9.17) is 4.74 Å². The zero-order valence-corrected chi connectivity index (χ0v) is 22.9. The molecule has 39 heavy (non-hydrogen) atoms. The highest BCUT2D eigenvalue weighted by molar-refractivity contribution is 5.99. The van der Waals surface area contributed by atoms with Gasteiger partial charge in [-0.05, 0) is 36.8 Å². The lowest BCUT2D eigenvalue weighted by molar-refractivity contribution is -0.151. The molecular formula is C31H39N3O5. The van der Waals surface area contributed by atoms with Crippen molar-refractivity contribution in [3.8, 4) is 0 Å². The Morgan fingerprint density at radius 2 is 1.74 bits per heavy atom. The molecule has 8 nitrogen and oxygen atoms in total. The molecule has 2 aromatic rings. The molecule has 3 amide bonds. The molecule has 7 atom stereocenters. The number of unbranched alkanes of at least 4 members (excludes halogenated alkanes) is 1. The van der Waals surface area contributed by atoms with Gasteiger partial charge in [0, 0.05) is 13.1 Å². The molecule has 208 valence electrons. The highest BCUT2D eigenvalue weighted by Crippen LogP contribution is 2.65. The summed E-state index contributed by atoms with van der Waals surface area (Å²) in [6.07, 6.45) is 2.21. The zero-order valence-electron chi connectivity index (χ0n) is 22.9. The first-order chi connectivity index (χ1) is 18.8. The highest BCUT2D eigenvalue weighted by Gasteiger charge is 2.80. The number of aliphatic hydroxyl groups excluding tert-OH is 1. The minimum atomic E-state index is -1.15. The molecule has 3 N–H and O–H groups in total. The third kappa shape index (κ3) is 4.43. The summed E-state index contributed by atoms with van der Waals surface area (Å²) < 4.78 is 6.77. The largest absolute Gasteiger partial charge is 0.394 e. The molecule has 3 unspecified atom stereocenters. The molecular weight excluding hydrogens is 494 g/mol. The summed E-state index contributed by atoms with van der Waals surface area (Å²) in [5.41, 5.74) is -0.357. The van der Waals surface area contributed by atoms with Crippen LogP contribution >= 0.6 is 0 Å². The molecule has 8 heteroatoms. The predicted octanol–water partition coefficient (Wildman–Crippen LogP) is 2.96. The quantitative estimate of drug-likeness (QED) is 0.407. The number of nitrogens with one attached hydrogen (secondary N) is 2. The van der Waals surface area contributed by atoms with Gasteiger partial charge in [-0.2, -0.15) is 0 Å². The normalized spacial score (nSPS) is 31.7. The number of carbonyl (C=O) groups is 3. The molecule has 0 aliphatic carbocycles. The van der Waals surface area contributed by atoms with E-state index in [9.17, 15) is 19.5 Å². The minimum Gasteiger partial charge on any atom is -0.394 e. The lowest BCUT2D eigenvalue weighted by Crippen LogP contribution is -2.56. The van der Waals surface area contributed by atoms with Gasteiger partial charge in [0.2, 0.25) is 17.7 Å². The Morgan fingerprint density at radius 3 is 2.38 bits per heavy atom. The maximum Gasteiger partial charge on any atom is 0.245 e. The number of rotatable bonds is 10. The third-order valence-electron chi connectivity index (χ3n) is 9.12. The first-order valence-electron chi connectivity index (χ1n) is 14.1. The Morgan fingerprint density at radius 1 is 1.08 bits per heavy atom. The molecule has 5 rings (SSSR count). The van der Waals surface area contributed by atoms with E-state index >= 15 is 0 Å². The average Bonchev–Trinajstić information content (AvgIpc) is 3.46. The van der Waals surface area contributed by atoms with Gasteiger partial charge >= 0.3 is 0 Å². The Hall–Kier alpha value is -3.23. The zero-order chi connectivity index (χ0) is 27.8. The second-order valence-electron chi connectivity index (χ2n) is 11.4. The fourth-order valence-corrected chi connectivity index (χ4v) is 7.12. The smallest absolute Gasteiger partial charge is 0.245 e. The van der Waals surface area contributed by atoms with E-state index in [-0.39, 0.29) is 30.2 Å². The van der Waals surface area contributed by atoms with Crippen molar-refractivity contribution >= 4 is 17.7 Å². The monoisotopic (exact) mass is 533 g/mol. The fourth-order valence-electron chi connectivity index (χ4n) is 7.12. The van der Waals surface area contributed by atoms with Gasteiger partial charge in [0.25, 0.3) is 0 Å². The van der Waals surface area contributed by atoms with Crippen LogP contribution in [0.4, 0.5) is 0 Å². The van der Waals surface area contributed by atoms with Crippen molar-refractivity contribution in [2.75, 3.05) is 13.2 Å². The van der Waals surface area contributed by atoms with E-state index in [0.717, 1.165) is 24.0 Å². The van der Waals surface area contributed by atoms with Crippen molar-refractivity contribution in [2.24, 2.45) is 17.8 Å². The SMILES string of the molecule is CCCCNC(=O)C1N([C@H](CO)c2ccccc2)C(=O)[C@@H]2[C@H](C(=O)NCc3ccccc3)[C@@]3(C)OC12CC3C. The molecule has 3 heterocycles. The predicted molar refractivity (Wildman–Crippen MR) is 146 cm³/mol. The maximum atomic E-state index is 14.4. The standard InChI is InChI=1S/C31H39N3O5/c1-4-5-16-32-28(37)26-31-17-20(2)30(3,39-31)24(27(36)33-18-21-12-8-6-9-13-21)25(31)29(38)34(26)23(19-35)22-14-10-7-11-15-22/h6-15,20,23-26,35H,4-5,16-19H2,1-3H3,(H,32,37)(H,33,36)/t20?,23-,24-,25+,26?,30+,31?/m1/s1. The number of fused-ring (bicyclic) bond motifs is 1. The van der Waals surface area contributed by atoms with Crippen LogP contribution in [0.25, 0.3) is 0 Å². The molecule has 0 aromatic heterocycles. The molecule has 3 saturated heterocycles. The van der Waals surface area contributed by atoms with Gasteiger partial charge in [-0.25, -0.2) is 0 Å². The van der Waals surface area contributed by atoms with Gasteiger partial charge in [0.15, 0.2) is 0 Å². The van der Waals surface area contributed by atoms with Crippen LogP contribution in [0, 0.1) is 17.8 Å². The molecule has 3 fully saturated rings. The van der Waals surface area contributed by atoms with Crippen LogP contribution in [0.2, 0.25) is 0 Å². The van der Waals surface area contributed by atoms with Gasteiger partial charge in [-0.1, -0.05) is 80.9 Å². The van der Waals surface area contributed by atoms with E-state index in [2.05, 4.69) is 10.6 Å². The number of nitrogens with zero attached hydrogens (tertiary/aromatic N) is 1. The lowest BCUT2D eigenvalue weighted by atomic mass is 9.62. The maximum absolute atomic E-state index is 14.4. The van der Waals surface area contributed by atoms with E-state index in [1.807, 2.05) is 81.4 Å². The van der Waals surface area contributed by atoms with Gasteiger partial charge in [0.1, 0.15) is 11.6 Å². The van der Waals surface area contributed by atoms with Crippen LogP contribution in [-0.4, -0.2) is 58.1 Å². The van der Waals surface area contributed by atoms with Crippen LogP contribution in [-0.2, 0) is 25.7 Å². The van der Waals surface area contributed by atoms with Crippen molar-refractivity contribution in [1.29, 1.82) is 0 Å². The molecule has 0 saturated carbocycles. The van der Waals surface area contributed by atoms with E-state index in [1.165, 1.54) is 4.90 Å². The Labute approximate surface area is 230 Å². The second kappa shape index (κ2) is 10.7. The van der Waals surface area contributed by atoms with Crippen molar-refractivity contribution in [3.05, 3.63) is 71.8 Å². The Balaban J connectivity index is 1.54. The number of amides is 3. The summed E-state index contributed by atoms with van der Waals surface area (Å²) in [4.78, 5) is 43.6. The van der Waals surface area contributed by atoms with Crippen molar-refractivity contribution in [3.63, 3.8) is 0 Å². The first-order valence-corrected chi connectivity index (χ1v) is 14.1. The van der Waals surface area contributed by atoms with Crippen LogP contribution in [0.1, 0.15) is 57.2 Å². The second-order valence-corrected chi connectivity index (χ2v) is 11.4. The summed E-state index contributed by atoms with van der Waals surface area (Å²) in [7, 11) is 0. The Bertz CT molecular complexity index is 1210. The summed E-state index contributed by atoms with van der Waals surface area (Å²) in [6, 6.07) is 17.2. The average molecular weight is 534 g/mol. The number of hydrogen-bond donors (Lipinski definition) is 3. The number of aliphatic hydroxyl groups is 1. The van der Waals surface area contributed by atoms with Gasteiger partial charge in [-0.3, -0.25) is 14.4 Å². The molecule has 3 aliphatic heterocycles. The summed E-state index contributed by atoms with van der Waals surface area (Å²) in [5, 5.41) is 16.6. The van der Waals surface area contributed by atoms with Crippen molar-refractivity contribution < 1.29 is 24.2 Å². The fraction of sp³-hybridized carbons (Fsp3) is 0.516. The molecule has 1 spiro atoms. The number of carbonyl (C=O) groups excluding carboxylic acids is 3. The summed E-state index contributed by atoms with van der Waals surface area (Å²) >= 11 is 0. The minimum absolute atomic E-state index is 0.0516. The number of hydrogen-bond acceptors (Lipinski definition) is 5. The van der Waals surface area contributed by atoms with Gasteiger partial charge < -0.3 is 25.4 Å². The Kier molecular flexibility index (Phi) is 7.53. The summed E-state index contributed by atoms with van der Waals surface area (Å²) in [5.74, 6) is -2.50.